The fourth-order valence-electron chi connectivity index (χ4n) is 2.71. The van der Waals surface area contributed by atoms with Crippen LogP contribution in [-0.4, -0.2) is 16.9 Å². The summed E-state index contributed by atoms with van der Waals surface area (Å²) in [6, 6.07) is 8.85. The van der Waals surface area contributed by atoms with Crippen molar-refractivity contribution in [1.82, 2.24) is 10.3 Å². The van der Waals surface area contributed by atoms with Gasteiger partial charge in [-0.25, -0.2) is 4.98 Å². The van der Waals surface area contributed by atoms with Gasteiger partial charge in [-0.1, -0.05) is 36.0 Å². The molecule has 6 heteroatoms. The number of amides is 1. The number of rotatable bonds is 4. The summed E-state index contributed by atoms with van der Waals surface area (Å²) in [5, 5.41) is 7.27. The molecule has 23 heavy (non-hydrogen) atoms. The second-order valence-electron chi connectivity index (χ2n) is 5.63. The van der Waals surface area contributed by atoms with Gasteiger partial charge in [-0.05, 0) is 43.2 Å². The Morgan fingerprint density at radius 1 is 1.13 bits per heavy atom. The summed E-state index contributed by atoms with van der Waals surface area (Å²) in [6.45, 7) is 0. The zero-order valence-electron chi connectivity index (χ0n) is 12.5. The second kappa shape index (κ2) is 7.20. The number of halogens is 2. The highest BCUT2D eigenvalue weighted by atomic mass is 35.5. The maximum atomic E-state index is 12.3. The van der Waals surface area contributed by atoms with Crippen LogP contribution < -0.4 is 10.6 Å². The minimum Gasteiger partial charge on any atom is -0.349 e. The lowest BCUT2D eigenvalue weighted by Crippen LogP contribution is -2.32. The van der Waals surface area contributed by atoms with Gasteiger partial charge in [-0.15, -0.1) is 0 Å². The van der Waals surface area contributed by atoms with Crippen molar-refractivity contribution in [2.45, 2.75) is 31.7 Å². The molecule has 1 aromatic heterocycles. The van der Waals surface area contributed by atoms with Gasteiger partial charge in [0.25, 0.3) is 5.91 Å². The topological polar surface area (TPSA) is 54.0 Å². The lowest BCUT2D eigenvalue weighted by Gasteiger charge is -2.13. The third-order valence-electron chi connectivity index (χ3n) is 3.90. The summed E-state index contributed by atoms with van der Waals surface area (Å²) in [5.74, 6) is 0.479. The van der Waals surface area contributed by atoms with Gasteiger partial charge in [0, 0.05) is 22.8 Å². The van der Waals surface area contributed by atoms with Crippen molar-refractivity contribution in [3.05, 3.63) is 52.1 Å². The Labute approximate surface area is 145 Å². The summed E-state index contributed by atoms with van der Waals surface area (Å²) < 4.78 is 0. The summed E-state index contributed by atoms with van der Waals surface area (Å²) in [4.78, 5) is 16.5. The van der Waals surface area contributed by atoms with Gasteiger partial charge >= 0.3 is 0 Å². The second-order valence-corrected chi connectivity index (χ2v) is 6.48. The summed E-state index contributed by atoms with van der Waals surface area (Å²) >= 11 is 12.1. The predicted molar refractivity (Wildman–Crippen MR) is 93.7 cm³/mol. The van der Waals surface area contributed by atoms with Crippen molar-refractivity contribution in [3.8, 4) is 0 Å². The van der Waals surface area contributed by atoms with Crippen molar-refractivity contribution in [2.24, 2.45) is 0 Å². The highest BCUT2D eigenvalue weighted by Gasteiger charge is 2.18. The van der Waals surface area contributed by atoms with E-state index in [1.54, 1.807) is 36.5 Å². The molecule has 1 heterocycles. The molecule has 0 saturated heterocycles. The first kappa shape index (κ1) is 16.1. The van der Waals surface area contributed by atoms with Crippen LogP contribution in [0.3, 0.4) is 0 Å². The quantitative estimate of drug-likeness (QED) is 0.832. The molecule has 0 unspecified atom stereocenters. The fraction of sp³-hybridized carbons (Fsp3) is 0.294. The zero-order valence-corrected chi connectivity index (χ0v) is 14.0. The van der Waals surface area contributed by atoms with Gasteiger partial charge in [0.2, 0.25) is 0 Å². The maximum absolute atomic E-state index is 12.3. The van der Waals surface area contributed by atoms with E-state index in [-0.39, 0.29) is 11.9 Å². The van der Waals surface area contributed by atoms with E-state index in [2.05, 4.69) is 15.6 Å². The van der Waals surface area contributed by atoms with Gasteiger partial charge in [0.15, 0.2) is 0 Å². The maximum Gasteiger partial charge on any atom is 0.251 e. The van der Waals surface area contributed by atoms with Crippen LogP contribution in [0.4, 0.5) is 11.5 Å². The van der Waals surface area contributed by atoms with E-state index in [1.807, 2.05) is 0 Å². The predicted octanol–water partition coefficient (Wildman–Crippen LogP) is 4.80. The Hall–Kier alpha value is -1.78. The van der Waals surface area contributed by atoms with Crippen LogP contribution in [0.2, 0.25) is 10.0 Å². The number of hydrogen-bond donors (Lipinski definition) is 2. The number of nitrogens with one attached hydrogen (secondary N) is 2. The lowest BCUT2D eigenvalue weighted by atomic mass is 10.2. The molecule has 0 bridgehead atoms. The number of nitrogens with zero attached hydrogens (tertiary/aromatic N) is 1. The summed E-state index contributed by atoms with van der Waals surface area (Å²) in [6.07, 6.45) is 6.08. The number of carbonyl (C=O) groups excluding carboxylic acids is 1. The van der Waals surface area contributed by atoms with Crippen LogP contribution in [0.15, 0.2) is 36.5 Å². The van der Waals surface area contributed by atoms with Crippen molar-refractivity contribution < 1.29 is 4.79 Å². The normalized spacial score (nSPS) is 14.7. The van der Waals surface area contributed by atoms with Gasteiger partial charge in [-0.3, -0.25) is 4.79 Å². The SMILES string of the molecule is O=C(NC1CCCC1)c1ccnc(Nc2cc(Cl)ccc2Cl)c1. The van der Waals surface area contributed by atoms with E-state index in [9.17, 15) is 4.79 Å². The molecular weight excluding hydrogens is 333 g/mol. The van der Waals surface area contributed by atoms with E-state index in [4.69, 9.17) is 23.2 Å². The average molecular weight is 350 g/mol. The number of hydrogen-bond acceptors (Lipinski definition) is 3. The standard InChI is InChI=1S/C17H17Cl2N3O/c18-12-5-6-14(19)15(10-12)22-16-9-11(7-8-20-16)17(23)21-13-3-1-2-4-13/h5-10,13H,1-4H2,(H,20,22)(H,21,23). The Morgan fingerprint density at radius 2 is 1.91 bits per heavy atom. The molecule has 0 aliphatic heterocycles. The molecule has 2 aromatic rings. The summed E-state index contributed by atoms with van der Waals surface area (Å²) in [5.41, 5.74) is 1.23. The van der Waals surface area contributed by atoms with Crippen LogP contribution in [0, 0.1) is 0 Å². The molecule has 0 atom stereocenters. The molecule has 1 aliphatic rings. The van der Waals surface area contributed by atoms with Crippen molar-refractivity contribution in [3.63, 3.8) is 0 Å². The monoisotopic (exact) mass is 349 g/mol. The molecule has 1 amide bonds. The van der Waals surface area contributed by atoms with E-state index in [0.717, 1.165) is 12.8 Å². The number of benzene rings is 1. The molecule has 120 valence electrons. The molecule has 4 nitrogen and oxygen atoms in total. The third-order valence-corrected chi connectivity index (χ3v) is 4.47. The smallest absolute Gasteiger partial charge is 0.251 e. The van der Waals surface area contributed by atoms with Crippen LogP contribution >= 0.6 is 23.2 Å². The van der Waals surface area contributed by atoms with Gasteiger partial charge in [-0.2, -0.15) is 0 Å². The fourth-order valence-corrected chi connectivity index (χ4v) is 3.05. The molecule has 1 aliphatic carbocycles. The minimum absolute atomic E-state index is 0.0699. The molecule has 2 N–H and O–H groups in total. The Bertz CT molecular complexity index is 715. The Balaban J connectivity index is 1.74. The highest BCUT2D eigenvalue weighted by Crippen LogP contribution is 2.28. The number of carbonyl (C=O) groups is 1. The van der Waals surface area contributed by atoms with Crippen LogP contribution in [0.5, 0.6) is 0 Å². The molecule has 0 radical (unpaired) electrons. The Kier molecular flexibility index (Phi) is 5.03. The number of pyridine rings is 1. The number of anilines is 2. The first-order valence-corrected chi connectivity index (χ1v) is 8.36. The van der Waals surface area contributed by atoms with Crippen LogP contribution in [-0.2, 0) is 0 Å². The summed E-state index contributed by atoms with van der Waals surface area (Å²) in [7, 11) is 0. The van der Waals surface area contributed by atoms with Gasteiger partial charge in [0.1, 0.15) is 5.82 Å². The van der Waals surface area contributed by atoms with E-state index in [1.165, 1.54) is 12.8 Å². The van der Waals surface area contributed by atoms with E-state index in [0.29, 0.717) is 27.1 Å². The molecular formula is C17H17Cl2N3O. The van der Waals surface area contributed by atoms with Crippen molar-refractivity contribution in [1.29, 1.82) is 0 Å². The lowest BCUT2D eigenvalue weighted by molar-refractivity contribution is 0.0938. The number of aromatic nitrogens is 1. The first-order valence-electron chi connectivity index (χ1n) is 7.61. The van der Waals surface area contributed by atoms with E-state index >= 15 is 0 Å². The zero-order chi connectivity index (χ0) is 16.2. The molecule has 3 rings (SSSR count). The highest BCUT2D eigenvalue weighted by molar-refractivity contribution is 6.35. The Morgan fingerprint density at radius 3 is 2.70 bits per heavy atom. The van der Waals surface area contributed by atoms with E-state index < -0.39 is 0 Å². The first-order chi connectivity index (χ1) is 11.1. The molecule has 1 saturated carbocycles. The van der Waals surface area contributed by atoms with Crippen LogP contribution in [0.1, 0.15) is 36.0 Å². The van der Waals surface area contributed by atoms with Crippen molar-refractivity contribution in [2.75, 3.05) is 5.32 Å². The molecule has 1 fully saturated rings. The van der Waals surface area contributed by atoms with Gasteiger partial charge < -0.3 is 10.6 Å². The third kappa shape index (κ3) is 4.15. The largest absolute Gasteiger partial charge is 0.349 e. The average Bonchev–Trinajstić information content (AvgIpc) is 3.04. The minimum atomic E-state index is -0.0699. The molecule has 1 aromatic carbocycles. The van der Waals surface area contributed by atoms with Gasteiger partial charge in [0.05, 0.1) is 10.7 Å². The van der Waals surface area contributed by atoms with Crippen LogP contribution in [0.25, 0.3) is 0 Å². The molecule has 0 spiro atoms. The van der Waals surface area contributed by atoms with Crippen molar-refractivity contribution >= 4 is 40.6 Å².